The van der Waals surface area contributed by atoms with Crippen LogP contribution in [0, 0.1) is 11.6 Å². The van der Waals surface area contributed by atoms with Gasteiger partial charge in [-0.1, -0.05) is 30.3 Å². The van der Waals surface area contributed by atoms with Crippen LogP contribution < -0.4 is 5.32 Å². The largest absolute Gasteiger partial charge is 0.438 e. The summed E-state index contributed by atoms with van der Waals surface area (Å²) in [5, 5.41) is 2.73. The van der Waals surface area contributed by atoms with Gasteiger partial charge in [0, 0.05) is 29.1 Å². The van der Waals surface area contributed by atoms with Crippen molar-refractivity contribution in [2.24, 2.45) is 0 Å². The van der Waals surface area contributed by atoms with Crippen LogP contribution in [0.3, 0.4) is 0 Å². The Labute approximate surface area is 154 Å². The van der Waals surface area contributed by atoms with Crippen molar-refractivity contribution >= 4 is 6.09 Å². The molecule has 2 atom stereocenters. The van der Waals surface area contributed by atoms with E-state index in [4.69, 9.17) is 4.74 Å². The number of hydrogen-bond donors (Lipinski definition) is 1. The second kappa shape index (κ2) is 6.46. The number of amides is 1. The van der Waals surface area contributed by atoms with Gasteiger partial charge in [-0.2, -0.15) is 0 Å². The zero-order valence-electron chi connectivity index (χ0n) is 14.4. The van der Waals surface area contributed by atoms with Crippen molar-refractivity contribution in [2.45, 2.75) is 18.6 Å². The van der Waals surface area contributed by atoms with Crippen LogP contribution >= 0.6 is 0 Å². The van der Waals surface area contributed by atoms with E-state index in [1.807, 2.05) is 36.4 Å². The van der Waals surface area contributed by atoms with Crippen molar-refractivity contribution in [3.8, 4) is 11.1 Å². The van der Waals surface area contributed by atoms with Crippen molar-refractivity contribution in [1.82, 2.24) is 10.3 Å². The molecule has 0 aliphatic carbocycles. The van der Waals surface area contributed by atoms with Crippen molar-refractivity contribution in [3.63, 3.8) is 0 Å². The van der Waals surface area contributed by atoms with Crippen molar-refractivity contribution < 1.29 is 18.3 Å². The number of aromatic nitrogens is 1. The number of cyclic esters (lactones) is 1. The van der Waals surface area contributed by atoms with Gasteiger partial charge in [-0.25, -0.2) is 13.6 Å². The summed E-state index contributed by atoms with van der Waals surface area (Å²) in [7, 11) is 0. The van der Waals surface area contributed by atoms with E-state index >= 15 is 0 Å². The van der Waals surface area contributed by atoms with Gasteiger partial charge in [0.25, 0.3) is 0 Å². The Morgan fingerprint density at radius 1 is 1.04 bits per heavy atom. The Bertz CT molecular complexity index is 1010. The Balaban J connectivity index is 1.81. The lowest BCUT2D eigenvalue weighted by Gasteiger charge is -2.29. The summed E-state index contributed by atoms with van der Waals surface area (Å²) in [6.45, 7) is 1.71. The van der Waals surface area contributed by atoms with Crippen LogP contribution in [0.5, 0.6) is 0 Å². The average molecular weight is 366 g/mol. The van der Waals surface area contributed by atoms with Crippen LogP contribution in [0.15, 0.2) is 67.0 Å². The van der Waals surface area contributed by atoms with E-state index in [0.29, 0.717) is 5.56 Å². The fourth-order valence-electron chi connectivity index (χ4n) is 3.36. The number of rotatable bonds is 3. The number of hydrogen-bond acceptors (Lipinski definition) is 3. The van der Waals surface area contributed by atoms with Gasteiger partial charge in [0.2, 0.25) is 0 Å². The first-order valence-corrected chi connectivity index (χ1v) is 8.42. The van der Waals surface area contributed by atoms with Gasteiger partial charge < -0.3 is 10.1 Å². The highest BCUT2D eigenvalue weighted by Gasteiger charge is 2.48. The van der Waals surface area contributed by atoms with Gasteiger partial charge in [0.1, 0.15) is 17.2 Å². The first-order chi connectivity index (χ1) is 13.0. The molecule has 4 rings (SSSR count). The molecule has 4 nitrogen and oxygen atoms in total. The van der Waals surface area contributed by atoms with Crippen molar-refractivity contribution in [1.29, 1.82) is 0 Å². The zero-order chi connectivity index (χ0) is 19.0. The second-order valence-electron chi connectivity index (χ2n) is 6.61. The highest BCUT2D eigenvalue weighted by Crippen LogP contribution is 2.43. The van der Waals surface area contributed by atoms with Crippen LogP contribution in [0.4, 0.5) is 13.6 Å². The molecule has 0 bridgehead atoms. The minimum absolute atomic E-state index is 0.0269. The van der Waals surface area contributed by atoms with Crippen molar-refractivity contribution in [2.75, 3.05) is 0 Å². The predicted molar refractivity (Wildman–Crippen MR) is 95.7 cm³/mol. The summed E-state index contributed by atoms with van der Waals surface area (Å²) in [6, 6.07) is 14.6. The van der Waals surface area contributed by atoms with E-state index in [-0.39, 0.29) is 5.56 Å². The Hall–Kier alpha value is -3.28. The molecule has 1 aliphatic rings. The maximum absolute atomic E-state index is 14.4. The summed E-state index contributed by atoms with van der Waals surface area (Å²) in [5.41, 5.74) is 1.29. The summed E-state index contributed by atoms with van der Waals surface area (Å²) in [4.78, 5) is 16.3. The number of ether oxygens (including phenoxy) is 1. The predicted octanol–water partition coefficient (Wildman–Crippen LogP) is 4.72. The number of halogens is 2. The molecule has 0 radical (unpaired) electrons. The molecule has 1 aliphatic heterocycles. The fraction of sp³-hybridized carbons (Fsp3) is 0.143. The molecule has 136 valence electrons. The molecule has 1 fully saturated rings. The molecule has 27 heavy (non-hydrogen) atoms. The van der Waals surface area contributed by atoms with Gasteiger partial charge >= 0.3 is 6.09 Å². The Kier molecular flexibility index (Phi) is 4.11. The van der Waals surface area contributed by atoms with E-state index in [9.17, 15) is 13.6 Å². The summed E-state index contributed by atoms with van der Waals surface area (Å²) >= 11 is 0. The SMILES string of the molecule is C[C@@]1(c2cncc(-c3ccccc3)c2)NC(=O)O[C@H]1c1cc(F)ccc1F. The standard InChI is InChI=1S/C21H16F2N2O2/c1-21(15-9-14(11-24-12-15)13-5-3-2-4-6-13)19(27-20(26)25-21)17-10-16(22)7-8-18(17)23/h2-12,19H,1H3,(H,25,26)/t19-,21-/m0/s1. The first-order valence-electron chi connectivity index (χ1n) is 8.42. The van der Waals surface area contributed by atoms with Crippen molar-refractivity contribution in [3.05, 3.63) is 89.8 Å². The lowest BCUT2D eigenvalue weighted by Crippen LogP contribution is -2.39. The van der Waals surface area contributed by atoms with Gasteiger partial charge in [0.05, 0.1) is 0 Å². The molecule has 0 unspecified atom stereocenters. The average Bonchev–Trinajstić information content (AvgIpc) is 3.00. The normalized spacial score (nSPS) is 21.6. The second-order valence-corrected chi connectivity index (χ2v) is 6.61. The molecule has 1 amide bonds. The van der Waals surface area contributed by atoms with E-state index in [2.05, 4.69) is 10.3 Å². The summed E-state index contributed by atoms with van der Waals surface area (Å²) in [5.74, 6) is -1.25. The lowest BCUT2D eigenvalue weighted by molar-refractivity contribution is 0.109. The van der Waals surface area contributed by atoms with Crippen LogP contribution in [0.1, 0.15) is 24.2 Å². The van der Waals surface area contributed by atoms with E-state index in [1.165, 1.54) is 0 Å². The van der Waals surface area contributed by atoms with E-state index in [1.54, 1.807) is 19.3 Å². The number of carbonyl (C=O) groups is 1. The van der Waals surface area contributed by atoms with Gasteiger partial charge in [-0.05, 0) is 36.8 Å². The monoisotopic (exact) mass is 366 g/mol. The molecule has 0 spiro atoms. The summed E-state index contributed by atoms with van der Waals surface area (Å²) < 4.78 is 33.4. The number of pyridine rings is 1. The Morgan fingerprint density at radius 3 is 2.59 bits per heavy atom. The maximum Gasteiger partial charge on any atom is 0.408 e. The van der Waals surface area contributed by atoms with Gasteiger partial charge in [-0.15, -0.1) is 0 Å². The molecular formula is C21H16F2N2O2. The molecule has 2 heterocycles. The topological polar surface area (TPSA) is 51.2 Å². The molecule has 6 heteroatoms. The molecule has 1 aromatic heterocycles. The molecule has 1 N–H and O–H groups in total. The maximum atomic E-state index is 14.4. The fourth-order valence-corrected chi connectivity index (χ4v) is 3.36. The zero-order valence-corrected chi connectivity index (χ0v) is 14.4. The highest BCUT2D eigenvalue weighted by molar-refractivity contribution is 5.73. The third-order valence-corrected chi connectivity index (χ3v) is 4.80. The molecule has 0 saturated carbocycles. The Morgan fingerprint density at radius 2 is 1.81 bits per heavy atom. The third kappa shape index (κ3) is 3.03. The molecule has 2 aromatic carbocycles. The van der Waals surface area contributed by atoms with Gasteiger partial charge in [-0.3, -0.25) is 4.98 Å². The van der Waals surface area contributed by atoms with Gasteiger partial charge in [0.15, 0.2) is 6.10 Å². The summed E-state index contributed by atoms with van der Waals surface area (Å²) in [6.07, 6.45) is 1.56. The van der Waals surface area contributed by atoms with E-state index < -0.39 is 29.4 Å². The van der Waals surface area contributed by atoms with E-state index in [0.717, 1.165) is 29.3 Å². The smallest absolute Gasteiger partial charge is 0.408 e. The highest BCUT2D eigenvalue weighted by atomic mass is 19.1. The van der Waals surface area contributed by atoms with Crippen LogP contribution in [-0.4, -0.2) is 11.1 Å². The minimum Gasteiger partial charge on any atom is -0.438 e. The number of nitrogens with one attached hydrogen (secondary N) is 1. The molecule has 1 saturated heterocycles. The third-order valence-electron chi connectivity index (χ3n) is 4.80. The quantitative estimate of drug-likeness (QED) is 0.730. The first kappa shape index (κ1) is 17.1. The van der Waals surface area contributed by atoms with Crippen LogP contribution in [0.25, 0.3) is 11.1 Å². The number of benzene rings is 2. The van der Waals surface area contributed by atoms with Crippen LogP contribution in [0.2, 0.25) is 0 Å². The lowest BCUT2D eigenvalue weighted by atomic mass is 9.83. The minimum atomic E-state index is -1.11. The number of nitrogens with zero attached hydrogens (tertiary/aromatic N) is 1. The molecular weight excluding hydrogens is 350 g/mol. The molecule has 3 aromatic rings. The number of carbonyl (C=O) groups excluding carboxylic acids is 1. The van der Waals surface area contributed by atoms with Crippen LogP contribution in [-0.2, 0) is 10.3 Å². The number of alkyl carbamates (subject to hydrolysis) is 1.